The first-order valence-electron chi connectivity index (χ1n) is 12.6. The molecule has 1 heterocycles. The smallest absolute Gasteiger partial charge is 0.324 e. The fourth-order valence-corrected chi connectivity index (χ4v) is 5.65. The van der Waals surface area contributed by atoms with Gasteiger partial charge in [0.2, 0.25) is 10.0 Å². The lowest BCUT2D eigenvalue weighted by molar-refractivity contribution is -0.145. The standard InChI is InChI=1S/C27H38N2O5S/c1-2-33-27(30)26(29-35(31,32)21-24-9-4-3-5-10-24)20-23-11-13-25(14-12-23)34-19-7-6-8-22-15-17-28-18-16-22/h3-5,9-14,22,26,28-29H,2,6-8,15-21H2,1H3. The quantitative estimate of drug-likeness (QED) is 0.301. The Bertz CT molecular complexity index is 990. The number of sulfonamides is 1. The van der Waals surface area contributed by atoms with Gasteiger partial charge in [0, 0.05) is 0 Å². The van der Waals surface area contributed by atoms with Crippen LogP contribution in [0.5, 0.6) is 5.75 Å². The topological polar surface area (TPSA) is 93.7 Å². The molecule has 1 saturated heterocycles. The van der Waals surface area contributed by atoms with E-state index in [1.807, 2.05) is 30.3 Å². The number of carbonyl (C=O) groups is 1. The number of piperidine rings is 1. The summed E-state index contributed by atoms with van der Waals surface area (Å²) in [4.78, 5) is 12.5. The maximum atomic E-state index is 12.7. The second kappa shape index (κ2) is 14.2. The molecule has 1 atom stereocenters. The zero-order valence-corrected chi connectivity index (χ0v) is 21.4. The van der Waals surface area contributed by atoms with E-state index in [2.05, 4.69) is 10.0 Å². The summed E-state index contributed by atoms with van der Waals surface area (Å²) in [6, 6.07) is 15.3. The van der Waals surface area contributed by atoms with Gasteiger partial charge in [0.15, 0.2) is 0 Å². The Morgan fingerprint density at radius 2 is 1.74 bits per heavy atom. The molecule has 2 N–H and O–H groups in total. The molecule has 7 nitrogen and oxygen atoms in total. The summed E-state index contributed by atoms with van der Waals surface area (Å²) in [6.45, 7) is 4.83. The van der Waals surface area contributed by atoms with Crippen LogP contribution in [0.2, 0.25) is 0 Å². The van der Waals surface area contributed by atoms with Crippen molar-refractivity contribution in [3.05, 3.63) is 65.7 Å². The molecule has 0 bridgehead atoms. The number of esters is 1. The first kappa shape index (κ1) is 27.2. The predicted octanol–water partition coefficient (Wildman–Crippen LogP) is 3.83. The highest BCUT2D eigenvalue weighted by Crippen LogP contribution is 2.19. The third-order valence-corrected chi connectivity index (χ3v) is 7.55. The van der Waals surface area contributed by atoms with Crippen molar-refractivity contribution in [2.75, 3.05) is 26.3 Å². The van der Waals surface area contributed by atoms with Crippen LogP contribution in [0.15, 0.2) is 54.6 Å². The van der Waals surface area contributed by atoms with Crippen LogP contribution in [0.3, 0.4) is 0 Å². The second-order valence-corrected chi connectivity index (χ2v) is 10.8. The van der Waals surface area contributed by atoms with Crippen molar-refractivity contribution in [2.24, 2.45) is 5.92 Å². The third-order valence-electron chi connectivity index (χ3n) is 6.19. The molecule has 35 heavy (non-hydrogen) atoms. The number of hydrogen-bond acceptors (Lipinski definition) is 6. The van der Waals surface area contributed by atoms with Crippen LogP contribution in [-0.4, -0.2) is 46.7 Å². The van der Waals surface area contributed by atoms with Gasteiger partial charge in [-0.3, -0.25) is 4.79 Å². The SMILES string of the molecule is CCOC(=O)C(Cc1ccc(OCCCCC2CCNCC2)cc1)NS(=O)(=O)Cc1ccccc1. The molecular weight excluding hydrogens is 464 g/mol. The summed E-state index contributed by atoms with van der Waals surface area (Å²) in [6.07, 6.45) is 6.21. The number of nitrogens with one attached hydrogen (secondary N) is 2. The Morgan fingerprint density at radius 1 is 1.03 bits per heavy atom. The maximum Gasteiger partial charge on any atom is 0.324 e. The minimum Gasteiger partial charge on any atom is -0.494 e. The van der Waals surface area contributed by atoms with Gasteiger partial charge in [-0.1, -0.05) is 48.9 Å². The summed E-state index contributed by atoms with van der Waals surface area (Å²) >= 11 is 0. The predicted molar refractivity (Wildman–Crippen MR) is 138 cm³/mol. The maximum absolute atomic E-state index is 12.7. The lowest BCUT2D eigenvalue weighted by Crippen LogP contribution is -2.43. The minimum atomic E-state index is -3.73. The zero-order valence-electron chi connectivity index (χ0n) is 20.6. The number of unbranched alkanes of at least 4 members (excludes halogenated alkanes) is 1. The van der Waals surface area contributed by atoms with Gasteiger partial charge in [0.25, 0.3) is 0 Å². The van der Waals surface area contributed by atoms with Crippen LogP contribution in [0.25, 0.3) is 0 Å². The van der Waals surface area contributed by atoms with Crippen molar-refractivity contribution >= 4 is 16.0 Å². The first-order chi connectivity index (χ1) is 16.9. The molecule has 192 valence electrons. The Morgan fingerprint density at radius 3 is 2.43 bits per heavy atom. The van der Waals surface area contributed by atoms with Crippen molar-refractivity contribution in [2.45, 2.75) is 57.2 Å². The molecule has 0 saturated carbocycles. The Kier molecular flexibility index (Phi) is 11.0. The molecule has 0 radical (unpaired) electrons. The van der Waals surface area contributed by atoms with Crippen LogP contribution < -0.4 is 14.8 Å². The van der Waals surface area contributed by atoms with Crippen LogP contribution >= 0.6 is 0 Å². The molecule has 2 aromatic carbocycles. The van der Waals surface area contributed by atoms with E-state index >= 15 is 0 Å². The van der Waals surface area contributed by atoms with Gasteiger partial charge in [-0.15, -0.1) is 0 Å². The van der Waals surface area contributed by atoms with Gasteiger partial charge < -0.3 is 14.8 Å². The number of hydrogen-bond donors (Lipinski definition) is 2. The fraction of sp³-hybridized carbons (Fsp3) is 0.519. The first-order valence-corrected chi connectivity index (χ1v) is 14.2. The van der Waals surface area contributed by atoms with E-state index in [9.17, 15) is 13.2 Å². The van der Waals surface area contributed by atoms with E-state index in [0.717, 1.165) is 36.7 Å². The van der Waals surface area contributed by atoms with Crippen LogP contribution in [0, 0.1) is 5.92 Å². The molecule has 0 aliphatic carbocycles. The van der Waals surface area contributed by atoms with E-state index in [-0.39, 0.29) is 18.8 Å². The molecule has 2 aromatic rings. The number of ether oxygens (including phenoxy) is 2. The molecule has 1 aliphatic rings. The molecule has 0 aromatic heterocycles. The van der Waals surface area contributed by atoms with Gasteiger partial charge >= 0.3 is 5.97 Å². The molecule has 1 fully saturated rings. The molecule has 3 rings (SSSR count). The number of carbonyl (C=O) groups excluding carboxylic acids is 1. The molecule has 0 amide bonds. The number of rotatable bonds is 14. The van der Waals surface area contributed by atoms with Gasteiger partial charge in [0.05, 0.1) is 19.0 Å². The average molecular weight is 503 g/mol. The summed E-state index contributed by atoms with van der Waals surface area (Å²) in [5.74, 6) is 0.827. The largest absolute Gasteiger partial charge is 0.494 e. The van der Waals surface area contributed by atoms with E-state index in [0.29, 0.717) is 12.2 Å². The van der Waals surface area contributed by atoms with Crippen molar-refractivity contribution in [1.29, 1.82) is 0 Å². The van der Waals surface area contributed by atoms with Crippen molar-refractivity contribution < 1.29 is 22.7 Å². The highest BCUT2D eigenvalue weighted by Gasteiger charge is 2.26. The monoisotopic (exact) mass is 502 g/mol. The molecule has 8 heteroatoms. The van der Waals surface area contributed by atoms with E-state index < -0.39 is 22.0 Å². The molecule has 1 unspecified atom stereocenters. The van der Waals surface area contributed by atoms with E-state index in [4.69, 9.17) is 9.47 Å². The Hall–Kier alpha value is -2.42. The Balaban J connectivity index is 1.49. The van der Waals surface area contributed by atoms with Crippen LogP contribution in [0.4, 0.5) is 0 Å². The minimum absolute atomic E-state index is 0.181. The van der Waals surface area contributed by atoms with Crippen molar-refractivity contribution in [1.82, 2.24) is 10.0 Å². The summed E-state index contributed by atoms with van der Waals surface area (Å²) in [7, 11) is -3.73. The van der Waals surface area contributed by atoms with Gasteiger partial charge in [-0.05, 0) is 81.3 Å². The highest BCUT2D eigenvalue weighted by molar-refractivity contribution is 7.88. The van der Waals surface area contributed by atoms with Gasteiger partial charge in [0.1, 0.15) is 11.8 Å². The van der Waals surface area contributed by atoms with E-state index in [1.54, 1.807) is 31.2 Å². The fourth-order valence-electron chi connectivity index (χ4n) is 4.32. The van der Waals surface area contributed by atoms with Crippen LogP contribution in [0.1, 0.15) is 50.2 Å². The summed E-state index contributed by atoms with van der Waals surface area (Å²) < 4.78 is 38.9. The van der Waals surface area contributed by atoms with Crippen molar-refractivity contribution in [3.63, 3.8) is 0 Å². The third kappa shape index (κ3) is 9.99. The molecule has 1 aliphatic heterocycles. The summed E-state index contributed by atoms with van der Waals surface area (Å²) in [5.41, 5.74) is 1.48. The average Bonchev–Trinajstić information content (AvgIpc) is 2.85. The second-order valence-electron chi connectivity index (χ2n) is 9.05. The molecule has 0 spiro atoms. The van der Waals surface area contributed by atoms with Crippen molar-refractivity contribution in [3.8, 4) is 5.75 Å². The lowest BCUT2D eigenvalue weighted by atomic mass is 9.93. The van der Waals surface area contributed by atoms with E-state index in [1.165, 1.54) is 25.7 Å². The summed E-state index contributed by atoms with van der Waals surface area (Å²) in [5, 5.41) is 3.40. The normalized spacial score (nSPS) is 15.5. The lowest BCUT2D eigenvalue weighted by Gasteiger charge is -2.22. The Labute approximate surface area is 209 Å². The highest BCUT2D eigenvalue weighted by atomic mass is 32.2. The van der Waals surface area contributed by atoms with Gasteiger partial charge in [-0.25, -0.2) is 13.1 Å². The zero-order chi connectivity index (χ0) is 24.9. The van der Waals surface area contributed by atoms with Gasteiger partial charge in [-0.2, -0.15) is 0 Å². The van der Waals surface area contributed by atoms with Crippen LogP contribution in [-0.2, 0) is 31.7 Å². The molecular formula is C27H38N2O5S. The number of benzene rings is 2.